The molecule has 94 valence electrons. The fourth-order valence-electron chi connectivity index (χ4n) is 1.89. The quantitative estimate of drug-likeness (QED) is 0.721. The van der Waals surface area contributed by atoms with Crippen LogP contribution in [0.3, 0.4) is 0 Å². The SMILES string of the molecule is Cc1c(Cl)ncnc1Nc1cccc2cccnc12. The van der Waals surface area contributed by atoms with Gasteiger partial charge in [0.2, 0.25) is 0 Å². The number of fused-ring (bicyclic) bond motifs is 1. The Labute approximate surface area is 115 Å². The van der Waals surface area contributed by atoms with E-state index in [9.17, 15) is 0 Å². The van der Waals surface area contributed by atoms with Crippen molar-refractivity contribution in [3.8, 4) is 0 Å². The molecule has 0 bridgehead atoms. The first-order valence-corrected chi connectivity index (χ1v) is 6.21. The Hall–Kier alpha value is -2.20. The van der Waals surface area contributed by atoms with Gasteiger partial charge in [0.1, 0.15) is 17.3 Å². The Balaban J connectivity index is 2.09. The molecule has 0 radical (unpaired) electrons. The molecule has 2 heterocycles. The van der Waals surface area contributed by atoms with Crippen molar-refractivity contribution < 1.29 is 0 Å². The molecule has 5 heteroatoms. The molecule has 0 aliphatic rings. The lowest BCUT2D eigenvalue weighted by molar-refractivity contribution is 1.13. The number of hydrogen-bond acceptors (Lipinski definition) is 4. The van der Waals surface area contributed by atoms with E-state index in [4.69, 9.17) is 11.6 Å². The van der Waals surface area contributed by atoms with E-state index in [1.807, 2.05) is 37.3 Å². The number of anilines is 2. The first kappa shape index (κ1) is 11.9. The van der Waals surface area contributed by atoms with Gasteiger partial charge in [-0.05, 0) is 19.1 Å². The van der Waals surface area contributed by atoms with Crippen LogP contribution in [0.15, 0.2) is 42.9 Å². The van der Waals surface area contributed by atoms with E-state index in [2.05, 4.69) is 20.3 Å². The highest BCUT2D eigenvalue weighted by Gasteiger charge is 2.07. The average Bonchev–Trinajstić information content (AvgIpc) is 2.44. The van der Waals surface area contributed by atoms with Crippen molar-refractivity contribution in [2.45, 2.75) is 6.92 Å². The molecule has 0 amide bonds. The number of nitrogens with zero attached hydrogens (tertiary/aromatic N) is 3. The third-order valence-electron chi connectivity index (χ3n) is 2.91. The first-order valence-electron chi connectivity index (χ1n) is 5.83. The summed E-state index contributed by atoms with van der Waals surface area (Å²) in [5.74, 6) is 0.693. The maximum atomic E-state index is 5.99. The molecule has 0 saturated carbocycles. The molecule has 3 aromatic rings. The van der Waals surface area contributed by atoms with Gasteiger partial charge in [-0.25, -0.2) is 9.97 Å². The van der Waals surface area contributed by atoms with Crippen LogP contribution in [0.5, 0.6) is 0 Å². The Morgan fingerprint density at radius 1 is 1.05 bits per heavy atom. The van der Waals surface area contributed by atoms with Crippen molar-refractivity contribution in [2.75, 3.05) is 5.32 Å². The lowest BCUT2D eigenvalue weighted by atomic mass is 10.2. The molecule has 2 aromatic heterocycles. The molecule has 1 N–H and O–H groups in total. The molecule has 0 saturated heterocycles. The van der Waals surface area contributed by atoms with Gasteiger partial charge in [-0.1, -0.05) is 29.8 Å². The summed E-state index contributed by atoms with van der Waals surface area (Å²) in [6.45, 7) is 1.88. The van der Waals surface area contributed by atoms with E-state index in [1.54, 1.807) is 6.20 Å². The second-order valence-corrected chi connectivity index (χ2v) is 4.50. The van der Waals surface area contributed by atoms with Crippen LogP contribution in [0.4, 0.5) is 11.5 Å². The van der Waals surface area contributed by atoms with Crippen molar-refractivity contribution in [3.63, 3.8) is 0 Å². The number of pyridine rings is 1. The zero-order chi connectivity index (χ0) is 13.2. The summed E-state index contributed by atoms with van der Waals surface area (Å²) in [5, 5.41) is 4.78. The largest absolute Gasteiger partial charge is 0.338 e. The molecule has 0 unspecified atom stereocenters. The molecule has 0 aliphatic heterocycles. The van der Waals surface area contributed by atoms with Crippen molar-refractivity contribution in [2.24, 2.45) is 0 Å². The molecule has 0 fully saturated rings. The van der Waals surface area contributed by atoms with Crippen molar-refractivity contribution in [3.05, 3.63) is 53.6 Å². The molecular formula is C14H11ClN4. The number of benzene rings is 1. The number of nitrogens with one attached hydrogen (secondary N) is 1. The fraction of sp³-hybridized carbons (Fsp3) is 0.0714. The van der Waals surface area contributed by atoms with E-state index in [0.29, 0.717) is 11.0 Å². The van der Waals surface area contributed by atoms with Crippen LogP contribution in [-0.2, 0) is 0 Å². The Morgan fingerprint density at radius 2 is 1.89 bits per heavy atom. The van der Waals surface area contributed by atoms with E-state index in [0.717, 1.165) is 22.2 Å². The number of rotatable bonds is 2. The summed E-state index contributed by atoms with van der Waals surface area (Å²) in [6, 6.07) is 9.90. The topological polar surface area (TPSA) is 50.7 Å². The summed E-state index contributed by atoms with van der Waals surface area (Å²) in [7, 11) is 0. The number of halogens is 1. The smallest absolute Gasteiger partial charge is 0.138 e. The van der Waals surface area contributed by atoms with Crippen molar-refractivity contribution >= 4 is 34.0 Å². The molecular weight excluding hydrogens is 260 g/mol. The van der Waals surface area contributed by atoms with Crippen LogP contribution >= 0.6 is 11.6 Å². The minimum atomic E-state index is 0.450. The van der Waals surface area contributed by atoms with Gasteiger partial charge in [0.15, 0.2) is 0 Å². The third-order valence-corrected chi connectivity index (χ3v) is 3.29. The van der Waals surface area contributed by atoms with E-state index in [1.165, 1.54) is 6.33 Å². The zero-order valence-electron chi connectivity index (χ0n) is 10.3. The molecule has 4 nitrogen and oxygen atoms in total. The van der Waals surface area contributed by atoms with E-state index < -0.39 is 0 Å². The molecule has 0 atom stereocenters. The van der Waals surface area contributed by atoms with Crippen molar-refractivity contribution in [1.29, 1.82) is 0 Å². The van der Waals surface area contributed by atoms with Crippen LogP contribution in [0.2, 0.25) is 5.15 Å². The lowest BCUT2D eigenvalue weighted by Gasteiger charge is -2.10. The van der Waals surface area contributed by atoms with Gasteiger partial charge in [-0.2, -0.15) is 0 Å². The summed E-state index contributed by atoms with van der Waals surface area (Å²) in [5.41, 5.74) is 2.62. The number of aromatic nitrogens is 3. The second-order valence-electron chi connectivity index (χ2n) is 4.14. The van der Waals surface area contributed by atoms with Gasteiger partial charge in [-0.3, -0.25) is 4.98 Å². The predicted molar refractivity (Wildman–Crippen MR) is 76.8 cm³/mol. The van der Waals surface area contributed by atoms with Gasteiger partial charge >= 0.3 is 0 Å². The van der Waals surface area contributed by atoms with Crippen LogP contribution in [-0.4, -0.2) is 15.0 Å². The number of hydrogen-bond donors (Lipinski definition) is 1. The van der Waals surface area contributed by atoms with Crippen molar-refractivity contribution in [1.82, 2.24) is 15.0 Å². The Bertz CT molecular complexity index is 737. The minimum Gasteiger partial charge on any atom is -0.338 e. The van der Waals surface area contributed by atoms with Crippen LogP contribution in [0.1, 0.15) is 5.56 Å². The molecule has 19 heavy (non-hydrogen) atoms. The van der Waals surface area contributed by atoms with E-state index >= 15 is 0 Å². The Kier molecular flexibility index (Phi) is 3.01. The van der Waals surface area contributed by atoms with Gasteiger partial charge < -0.3 is 5.32 Å². The molecule has 0 spiro atoms. The highest BCUT2D eigenvalue weighted by molar-refractivity contribution is 6.30. The summed E-state index contributed by atoms with van der Waals surface area (Å²) in [6.07, 6.45) is 3.21. The van der Waals surface area contributed by atoms with Crippen LogP contribution < -0.4 is 5.32 Å². The van der Waals surface area contributed by atoms with Crippen LogP contribution in [0.25, 0.3) is 10.9 Å². The predicted octanol–water partition coefficient (Wildman–Crippen LogP) is 3.73. The maximum Gasteiger partial charge on any atom is 0.138 e. The maximum absolute atomic E-state index is 5.99. The molecule has 0 aliphatic carbocycles. The normalized spacial score (nSPS) is 10.6. The van der Waals surface area contributed by atoms with E-state index in [-0.39, 0.29) is 0 Å². The second kappa shape index (κ2) is 4.82. The fourth-order valence-corrected chi connectivity index (χ4v) is 2.02. The molecule has 1 aromatic carbocycles. The third kappa shape index (κ3) is 2.22. The van der Waals surface area contributed by atoms with Gasteiger partial charge in [0.25, 0.3) is 0 Å². The zero-order valence-corrected chi connectivity index (χ0v) is 11.0. The highest BCUT2D eigenvalue weighted by Crippen LogP contribution is 2.26. The van der Waals surface area contributed by atoms with Crippen LogP contribution in [0, 0.1) is 6.92 Å². The minimum absolute atomic E-state index is 0.450. The number of para-hydroxylation sites is 1. The van der Waals surface area contributed by atoms with Gasteiger partial charge in [0.05, 0.1) is 11.2 Å². The Morgan fingerprint density at radius 3 is 2.79 bits per heavy atom. The van der Waals surface area contributed by atoms with Gasteiger partial charge in [-0.15, -0.1) is 0 Å². The summed E-state index contributed by atoms with van der Waals surface area (Å²) in [4.78, 5) is 12.5. The monoisotopic (exact) mass is 270 g/mol. The first-order chi connectivity index (χ1) is 9.25. The highest BCUT2D eigenvalue weighted by atomic mass is 35.5. The standard InChI is InChI=1S/C14H11ClN4/c1-9-13(15)17-8-18-14(9)19-11-6-2-4-10-5-3-7-16-12(10)11/h2-8H,1H3,(H,17,18,19). The lowest BCUT2D eigenvalue weighted by Crippen LogP contribution is -1.99. The van der Waals surface area contributed by atoms with Gasteiger partial charge in [0, 0.05) is 17.1 Å². The summed E-state index contributed by atoms with van der Waals surface area (Å²) >= 11 is 5.99. The molecule has 3 rings (SSSR count). The summed E-state index contributed by atoms with van der Waals surface area (Å²) < 4.78 is 0. The average molecular weight is 271 g/mol.